The van der Waals surface area contributed by atoms with Crippen LogP contribution in [0, 0.1) is 0 Å². The molecule has 1 aliphatic heterocycles. The second-order valence-corrected chi connectivity index (χ2v) is 6.87. The summed E-state index contributed by atoms with van der Waals surface area (Å²) in [6.07, 6.45) is 0. The van der Waals surface area contributed by atoms with Crippen molar-refractivity contribution in [1.82, 2.24) is 10.6 Å². The molecule has 0 bridgehead atoms. The Hall–Kier alpha value is -2.93. The third-order valence-electron chi connectivity index (χ3n) is 3.89. The molecule has 0 saturated carbocycles. The van der Waals surface area contributed by atoms with Crippen molar-refractivity contribution in [2.24, 2.45) is 0 Å². The summed E-state index contributed by atoms with van der Waals surface area (Å²) in [6, 6.07) is 17.7. The number of para-hydroxylation sites is 1. The van der Waals surface area contributed by atoms with Gasteiger partial charge >= 0.3 is 12.0 Å². The number of carbonyl (C=O) groups is 2. The largest absolute Gasteiger partial charge is 0.463 e. The minimum absolute atomic E-state index is 0.155. The van der Waals surface area contributed by atoms with Gasteiger partial charge in [0.15, 0.2) is 0 Å². The standard InChI is InChI=1S/C20H21N3O3S/c1-2-26-19(24)15-12-22-20(25)23-17(15)13-21-16-10-6-7-11-18(16)27-14-8-4-3-5-9-14/h3-11,21H,2,12-13H2,1H3,(H2,22,23,25). The van der Waals surface area contributed by atoms with Gasteiger partial charge in [0.25, 0.3) is 0 Å². The van der Waals surface area contributed by atoms with Crippen molar-refractivity contribution in [3.63, 3.8) is 0 Å². The molecule has 3 N–H and O–H groups in total. The molecule has 3 rings (SSSR count). The molecule has 1 heterocycles. The van der Waals surface area contributed by atoms with Gasteiger partial charge in [-0.2, -0.15) is 0 Å². The predicted octanol–water partition coefficient (Wildman–Crippen LogP) is 3.38. The van der Waals surface area contributed by atoms with Gasteiger partial charge in [-0.25, -0.2) is 9.59 Å². The third-order valence-corrected chi connectivity index (χ3v) is 4.97. The second-order valence-electron chi connectivity index (χ2n) is 5.75. The van der Waals surface area contributed by atoms with E-state index in [2.05, 4.69) is 28.1 Å². The Labute approximate surface area is 162 Å². The summed E-state index contributed by atoms with van der Waals surface area (Å²) in [5, 5.41) is 8.63. The van der Waals surface area contributed by atoms with E-state index >= 15 is 0 Å². The third kappa shape index (κ3) is 5.04. The summed E-state index contributed by atoms with van der Waals surface area (Å²) < 4.78 is 5.08. The number of urea groups is 1. The fourth-order valence-corrected chi connectivity index (χ4v) is 3.54. The van der Waals surface area contributed by atoms with Gasteiger partial charge in [0.2, 0.25) is 0 Å². The van der Waals surface area contributed by atoms with E-state index in [0.29, 0.717) is 17.8 Å². The van der Waals surface area contributed by atoms with Crippen molar-refractivity contribution < 1.29 is 14.3 Å². The van der Waals surface area contributed by atoms with Crippen molar-refractivity contribution in [2.75, 3.05) is 25.0 Å². The molecule has 2 aromatic carbocycles. The molecular formula is C20H21N3O3S. The van der Waals surface area contributed by atoms with Crippen LogP contribution in [0.4, 0.5) is 10.5 Å². The van der Waals surface area contributed by atoms with Crippen LogP contribution in [0.15, 0.2) is 75.7 Å². The van der Waals surface area contributed by atoms with Crippen molar-refractivity contribution in [3.8, 4) is 0 Å². The number of nitrogens with one attached hydrogen (secondary N) is 3. The molecule has 2 amide bonds. The number of ether oxygens (including phenoxy) is 1. The normalized spacial score (nSPS) is 13.6. The van der Waals surface area contributed by atoms with Crippen LogP contribution in [-0.4, -0.2) is 31.7 Å². The Morgan fingerprint density at radius 3 is 2.67 bits per heavy atom. The highest BCUT2D eigenvalue weighted by molar-refractivity contribution is 7.99. The molecule has 0 fully saturated rings. The van der Waals surface area contributed by atoms with E-state index < -0.39 is 5.97 Å². The minimum atomic E-state index is -0.422. The maximum atomic E-state index is 12.1. The summed E-state index contributed by atoms with van der Waals surface area (Å²) in [6.45, 7) is 2.51. The van der Waals surface area contributed by atoms with Crippen molar-refractivity contribution in [3.05, 3.63) is 65.9 Å². The Morgan fingerprint density at radius 1 is 1.15 bits per heavy atom. The van der Waals surface area contributed by atoms with Crippen LogP contribution in [0.25, 0.3) is 0 Å². The molecule has 27 heavy (non-hydrogen) atoms. The van der Waals surface area contributed by atoms with E-state index in [0.717, 1.165) is 15.5 Å². The first-order valence-electron chi connectivity index (χ1n) is 8.67. The summed E-state index contributed by atoms with van der Waals surface area (Å²) in [5.74, 6) is -0.422. The van der Waals surface area contributed by atoms with E-state index in [1.165, 1.54) is 0 Å². The maximum absolute atomic E-state index is 12.1. The van der Waals surface area contributed by atoms with Gasteiger partial charge in [-0.1, -0.05) is 42.1 Å². The topological polar surface area (TPSA) is 79.5 Å². The fourth-order valence-electron chi connectivity index (χ4n) is 2.60. The molecule has 0 radical (unpaired) electrons. The lowest BCUT2D eigenvalue weighted by molar-refractivity contribution is -0.138. The van der Waals surface area contributed by atoms with Gasteiger partial charge in [-0.15, -0.1) is 0 Å². The van der Waals surface area contributed by atoms with Gasteiger partial charge in [0, 0.05) is 15.5 Å². The van der Waals surface area contributed by atoms with Crippen LogP contribution in [0.1, 0.15) is 6.92 Å². The average Bonchev–Trinajstić information content (AvgIpc) is 2.68. The molecule has 0 spiro atoms. The number of hydrogen-bond acceptors (Lipinski definition) is 5. The highest BCUT2D eigenvalue weighted by Crippen LogP contribution is 2.33. The van der Waals surface area contributed by atoms with E-state index in [9.17, 15) is 9.59 Å². The van der Waals surface area contributed by atoms with Crippen LogP contribution in [-0.2, 0) is 9.53 Å². The summed E-state index contributed by atoms with van der Waals surface area (Å²) >= 11 is 1.65. The number of rotatable bonds is 7. The number of carbonyl (C=O) groups excluding carboxylic acids is 2. The molecule has 0 atom stereocenters. The lowest BCUT2D eigenvalue weighted by atomic mass is 10.1. The highest BCUT2D eigenvalue weighted by Gasteiger charge is 2.23. The zero-order chi connectivity index (χ0) is 19.1. The highest BCUT2D eigenvalue weighted by atomic mass is 32.2. The summed E-state index contributed by atoms with van der Waals surface area (Å²) in [7, 11) is 0. The van der Waals surface area contributed by atoms with E-state index in [4.69, 9.17) is 4.74 Å². The number of esters is 1. The molecule has 7 heteroatoms. The monoisotopic (exact) mass is 383 g/mol. The van der Waals surface area contributed by atoms with Gasteiger partial charge in [-0.05, 0) is 31.2 Å². The quantitative estimate of drug-likeness (QED) is 0.639. The van der Waals surface area contributed by atoms with Crippen LogP contribution < -0.4 is 16.0 Å². The number of benzene rings is 2. The Bertz CT molecular complexity index is 853. The van der Waals surface area contributed by atoms with Crippen LogP contribution in [0.3, 0.4) is 0 Å². The minimum Gasteiger partial charge on any atom is -0.463 e. The van der Waals surface area contributed by atoms with Crippen molar-refractivity contribution >= 4 is 29.4 Å². The van der Waals surface area contributed by atoms with Gasteiger partial charge in [0.05, 0.1) is 31.0 Å². The molecule has 2 aromatic rings. The molecule has 140 valence electrons. The molecule has 0 aromatic heterocycles. The number of anilines is 1. The van der Waals surface area contributed by atoms with E-state index in [1.807, 2.05) is 42.5 Å². The Kier molecular flexibility index (Phi) is 6.38. The molecule has 0 aliphatic carbocycles. The van der Waals surface area contributed by atoms with Gasteiger partial charge in [-0.3, -0.25) is 0 Å². The molecule has 1 aliphatic rings. The van der Waals surface area contributed by atoms with Crippen molar-refractivity contribution in [2.45, 2.75) is 16.7 Å². The zero-order valence-electron chi connectivity index (χ0n) is 15.0. The van der Waals surface area contributed by atoms with Gasteiger partial charge in [0.1, 0.15) is 0 Å². The first-order chi connectivity index (χ1) is 13.2. The predicted molar refractivity (Wildman–Crippen MR) is 106 cm³/mol. The average molecular weight is 383 g/mol. The second kappa shape index (κ2) is 9.14. The number of amides is 2. The van der Waals surface area contributed by atoms with Crippen LogP contribution in [0.2, 0.25) is 0 Å². The number of hydrogen-bond donors (Lipinski definition) is 3. The zero-order valence-corrected chi connectivity index (χ0v) is 15.8. The maximum Gasteiger partial charge on any atom is 0.337 e. The first kappa shape index (κ1) is 18.8. The fraction of sp³-hybridized carbons (Fsp3) is 0.200. The molecule has 0 unspecified atom stereocenters. The van der Waals surface area contributed by atoms with Crippen LogP contribution >= 0.6 is 11.8 Å². The van der Waals surface area contributed by atoms with Gasteiger partial charge < -0.3 is 20.7 Å². The summed E-state index contributed by atoms with van der Waals surface area (Å²) in [5.41, 5.74) is 1.88. The van der Waals surface area contributed by atoms with Crippen LogP contribution in [0.5, 0.6) is 0 Å². The molecule has 0 saturated heterocycles. The van der Waals surface area contributed by atoms with E-state index in [-0.39, 0.29) is 19.2 Å². The Balaban J connectivity index is 1.77. The summed E-state index contributed by atoms with van der Waals surface area (Å²) in [4.78, 5) is 26.0. The molecular weight excluding hydrogens is 362 g/mol. The van der Waals surface area contributed by atoms with Crippen molar-refractivity contribution in [1.29, 1.82) is 0 Å². The SMILES string of the molecule is CCOC(=O)C1=C(CNc2ccccc2Sc2ccccc2)NC(=O)NC1. The smallest absolute Gasteiger partial charge is 0.337 e. The lowest BCUT2D eigenvalue weighted by Crippen LogP contribution is -2.45. The molecule has 6 nitrogen and oxygen atoms in total. The van der Waals surface area contributed by atoms with E-state index in [1.54, 1.807) is 18.7 Å². The lowest BCUT2D eigenvalue weighted by Gasteiger charge is -2.22. The Morgan fingerprint density at radius 2 is 1.89 bits per heavy atom. The first-order valence-corrected chi connectivity index (χ1v) is 9.49.